The molecule has 0 fully saturated rings. The van der Waals surface area contributed by atoms with Gasteiger partial charge in [0.05, 0.1) is 6.54 Å². The fourth-order valence-electron chi connectivity index (χ4n) is 2.34. The van der Waals surface area contributed by atoms with Crippen LogP contribution in [0.15, 0.2) is 35.1 Å². The topological polar surface area (TPSA) is 107 Å². The summed E-state index contributed by atoms with van der Waals surface area (Å²) < 4.78 is 44.7. The number of aryl methyl sites for hydroxylation is 1. The molecule has 0 atom stereocenters. The molecule has 0 spiro atoms. The second-order valence-corrected chi connectivity index (χ2v) is 5.53. The molecule has 0 radical (unpaired) electrons. The highest BCUT2D eigenvalue weighted by molar-refractivity contribution is 5.52. The maximum atomic E-state index is 12.8. The number of fused-ring (bicyclic) bond motifs is 1. The van der Waals surface area contributed by atoms with Crippen molar-refractivity contribution in [3.05, 3.63) is 48.0 Å². The van der Waals surface area contributed by atoms with E-state index in [4.69, 9.17) is 4.52 Å². The van der Waals surface area contributed by atoms with Gasteiger partial charge in [0.15, 0.2) is 0 Å². The highest BCUT2D eigenvalue weighted by Gasteiger charge is 2.36. The molecular weight excluding hydrogens is 365 g/mol. The standard InChI is InChI=1S/C15H11F3N8O/c1-8-6-10(26-14(21-8)23-13(24-26)15(16,17)18)20-7-11-22-12(25-27-11)9-2-4-19-5-3-9/h2-6,20H,7H2,1H3. The maximum absolute atomic E-state index is 12.8. The molecule has 4 heterocycles. The molecule has 4 aromatic rings. The van der Waals surface area contributed by atoms with Crippen molar-refractivity contribution in [1.82, 2.24) is 34.7 Å². The quantitative estimate of drug-likeness (QED) is 0.579. The predicted molar refractivity (Wildman–Crippen MR) is 85.4 cm³/mol. The van der Waals surface area contributed by atoms with Crippen LogP contribution in [0.2, 0.25) is 0 Å². The van der Waals surface area contributed by atoms with E-state index >= 15 is 0 Å². The lowest BCUT2D eigenvalue weighted by Gasteiger charge is -2.06. The van der Waals surface area contributed by atoms with E-state index in [2.05, 4.69) is 35.5 Å². The molecule has 0 aliphatic heterocycles. The Balaban J connectivity index is 1.59. The molecule has 1 N–H and O–H groups in total. The van der Waals surface area contributed by atoms with Crippen LogP contribution in [0.3, 0.4) is 0 Å². The zero-order valence-corrected chi connectivity index (χ0v) is 13.8. The van der Waals surface area contributed by atoms with Crippen LogP contribution in [0.1, 0.15) is 17.4 Å². The molecule has 0 unspecified atom stereocenters. The van der Waals surface area contributed by atoms with Crippen molar-refractivity contribution in [3.8, 4) is 11.4 Å². The molecule has 12 heteroatoms. The molecule has 9 nitrogen and oxygen atoms in total. The number of anilines is 1. The van der Waals surface area contributed by atoms with Crippen molar-refractivity contribution in [2.45, 2.75) is 19.6 Å². The molecule has 0 saturated heterocycles. The zero-order chi connectivity index (χ0) is 19.0. The number of pyridine rings is 1. The van der Waals surface area contributed by atoms with E-state index in [9.17, 15) is 13.2 Å². The van der Waals surface area contributed by atoms with E-state index in [1.165, 1.54) is 0 Å². The van der Waals surface area contributed by atoms with Gasteiger partial charge in [0.25, 0.3) is 11.6 Å². The highest BCUT2D eigenvalue weighted by Crippen LogP contribution is 2.27. The maximum Gasteiger partial charge on any atom is 0.453 e. The summed E-state index contributed by atoms with van der Waals surface area (Å²) in [7, 11) is 0. The summed E-state index contributed by atoms with van der Waals surface area (Å²) in [6.45, 7) is 1.72. The van der Waals surface area contributed by atoms with Crippen LogP contribution in [0.4, 0.5) is 19.0 Å². The summed E-state index contributed by atoms with van der Waals surface area (Å²) in [6.07, 6.45) is -1.46. The SMILES string of the molecule is Cc1cc(NCc2nc(-c3ccncc3)no2)n2nc(C(F)(F)F)nc2n1. The van der Waals surface area contributed by atoms with Crippen molar-refractivity contribution in [1.29, 1.82) is 0 Å². The Morgan fingerprint density at radius 3 is 2.67 bits per heavy atom. The minimum absolute atomic E-state index is 0.0812. The number of hydrogen-bond donors (Lipinski definition) is 1. The molecule has 0 bridgehead atoms. The Labute approximate surface area is 149 Å². The monoisotopic (exact) mass is 376 g/mol. The van der Waals surface area contributed by atoms with E-state index in [1.54, 1.807) is 37.5 Å². The molecule has 0 aromatic carbocycles. The molecule has 0 amide bonds. The minimum Gasteiger partial charge on any atom is -0.361 e. The first-order valence-electron chi connectivity index (χ1n) is 7.68. The number of rotatable bonds is 4. The van der Waals surface area contributed by atoms with Gasteiger partial charge in [0.2, 0.25) is 11.7 Å². The van der Waals surface area contributed by atoms with Gasteiger partial charge >= 0.3 is 6.18 Å². The molecule has 0 aliphatic rings. The molecule has 27 heavy (non-hydrogen) atoms. The number of hydrogen-bond acceptors (Lipinski definition) is 8. The summed E-state index contributed by atoms with van der Waals surface area (Å²) in [4.78, 5) is 15.5. The van der Waals surface area contributed by atoms with E-state index in [1.807, 2.05) is 0 Å². The van der Waals surface area contributed by atoms with Crippen molar-refractivity contribution >= 4 is 11.6 Å². The lowest BCUT2D eigenvalue weighted by atomic mass is 10.2. The summed E-state index contributed by atoms with van der Waals surface area (Å²) in [5.74, 6) is -0.524. The average Bonchev–Trinajstić information content (AvgIpc) is 3.27. The van der Waals surface area contributed by atoms with Crippen LogP contribution in [0, 0.1) is 6.92 Å². The first kappa shape index (κ1) is 16.9. The third-order valence-electron chi connectivity index (χ3n) is 3.52. The van der Waals surface area contributed by atoms with Gasteiger partial charge in [-0.1, -0.05) is 5.16 Å². The summed E-state index contributed by atoms with van der Waals surface area (Å²) >= 11 is 0. The summed E-state index contributed by atoms with van der Waals surface area (Å²) in [5.41, 5.74) is 1.21. The Kier molecular flexibility index (Phi) is 3.94. The third kappa shape index (κ3) is 3.41. The van der Waals surface area contributed by atoms with Gasteiger partial charge in [-0.25, -0.2) is 4.98 Å². The first-order valence-corrected chi connectivity index (χ1v) is 7.68. The molecular formula is C15H11F3N8O. The van der Waals surface area contributed by atoms with Crippen molar-refractivity contribution in [2.24, 2.45) is 0 Å². The smallest absolute Gasteiger partial charge is 0.361 e. The fourth-order valence-corrected chi connectivity index (χ4v) is 2.34. The van der Waals surface area contributed by atoms with Crippen LogP contribution >= 0.6 is 0 Å². The van der Waals surface area contributed by atoms with Gasteiger partial charge in [0.1, 0.15) is 5.82 Å². The van der Waals surface area contributed by atoms with E-state index in [0.29, 0.717) is 11.5 Å². The van der Waals surface area contributed by atoms with Gasteiger partial charge < -0.3 is 9.84 Å². The second kappa shape index (κ2) is 6.30. The highest BCUT2D eigenvalue weighted by atomic mass is 19.4. The lowest BCUT2D eigenvalue weighted by Crippen LogP contribution is -2.09. The Morgan fingerprint density at radius 1 is 1.15 bits per heavy atom. The summed E-state index contributed by atoms with van der Waals surface area (Å²) in [6, 6.07) is 5.00. The van der Waals surface area contributed by atoms with Crippen LogP contribution in [-0.2, 0) is 12.7 Å². The van der Waals surface area contributed by atoms with Gasteiger partial charge in [-0.3, -0.25) is 4.98 Å². The summed E-state index contributed by atoms with van der Waals surface area (Å²) in [5, 5.41) is 10.3. The molecule has 138 valence electrons. The van der Waals surface area contributed by atoms with Crippen LogP contribution in [-0.4, -0.2) is 34.7 Å². The minimum atomic E-state index is -4.66. The van der Waals surface area contributed by atoms with E-state index in [-0.39, 0.29) is 24.0 Å². The Hall–Kier alpha value is -3.57. The zero-order valence-electron chi connectivity index (χ0n) is 13.8. The van der Waals surface area contributed by atoms with Crippen molar-refractivity contribution in [3.63, 3.8) is 0 Å². The number of nitrogens with zero attached hydrogens (tertiary/aromatic N) is 7. The van der Waals surface area contributed by atoms with E-state index in [0.717, 1.165) is 10.1 Å². The fraction of sp³-hybridized carbons (Fsp3) is 0.200. The van der Waals surface area contributed by atoms with Gasteiger partial charge in [-0.2, -0.15) is 27.7 Å². The second-order valence-electron chi connectivity index (χ2n) is 5.53. The molecule has 0 aliphatic carbocycles. The van der Waals surface area contributed by atoms with Crippen molar-refractivity contribution < 1.29 is 17.7 Å². The van der Waals surface area contributed by atoms with Crippen LogP contribution in [0.5, 0.6) is 0 Å². The molecule has 4 aromatic heterocycles. The van der Waals surface area contributed by atoms with Crippen LogP contribution < -0.4 is 5.32 Å². The molecule has 0 saturated carbocycles. The number of nitrogens with one attached hydrogen (secondary N) is 1. The Bertz CT molecular complexity index is 1090. The average molecular weight is 376 g/mol. The normalized spacial score (nSPS) is 11.9. The van der Waals surface area contributed by atoms with Gasteiger partial charge in [-0.15, -0.1) is 5.10 Å². The number of halogens is 3. The van der Waals surface area contributed by atoms with Gasteiger partial charge in [0, 0.05) is 29.7 Å². The molecule has 4 rings (SSSR count). The van der Waals surface area contributed by atoms with Crippen LogP contribution in [0.25, 0.3) is 17.2 Å². The number of alkyl halides is 3. The lowest BCUT2D eigenvalue weighted by molar-refractivity contribution is -0.144. The first-order chi connectivity index (χ1) is 12.9. The third-order valence-corrected chi connectivity index (χ3v) is 3.52. The predicted octanol–water partition coefficient (Wildman–Crippen LogP) is 2.51. The van der Waals surface area contributed by atoms with Crippen molar-refractivity contribution in [2.75, 3.05) is 5.32 Å². The largest absolute Gasteiger partial charge is 0.453 e. The number of aromatic nitrogens is 7. The Morgan fingerprint density at radius 2 is 1.93 bits per heavy atom. The van der Waals surface area contributed by atoms with Gasteiger partial charge in [-0.05, 0) is 19.1 Å². The van der Waals surface area contributed by atoms with E-state index < -0.39 is 12.0 Å².